The van der Waals surface area contributed by atoms with Gasteiger partial charge < -0.3 is 23.7 Å². The molecule has 4 aliphatic heterocycles. The summed E-state index contributed by atoms with van der Waals surface area (Å²) in [4.78, 5) is 11.7. The molecule has 0 radical (unpaired) electrons. The molecule has 36 heavy (non-hydrogen) atoms. The maximum atomic E-state index is 11.7. The number of hydrogen-bond donors (Lipinski definition) is 0. The van der Waals surface area contributed by atoms with Gasteiger partial charge in [0.1, 0.15) is 35.1 Å². The largest absolute Gasteiger partial charge is 0.462 e. The third kappa shape index (κ3) is 3.26. The van der Waals surface area contributed by atoms with Gasteiger partial charge in [0.05, 0.1) is 18.8 Å². The predicted octanol–water partition coefficient (Wildman–Crippen LogP) is 5.06. The summed E-state index contributed by atoms with van der Waals surface area (Å²) in [5.41, 5.74) is -0.208. The summed E-state index contributed by atoms with van der Waals surface area (Å²) in [5, 5.41) is 0. The van der Waals surface area contributed by atoms with Crippen LogP contribution in [0.4, 0.5) is 0 Å². The molecule has 0 amide bonds. The lowest BCUT2D eigenvalue weighted by Gasteiger charge is -2.46. The fraction of sp³-hybridized carbons (Fsp3) is 0.967. The van der Waals surface area contributed by atoms with Gasteiger partial charge in [-0.15, -0.1) is 0 Å². The number of rotatable bonds is 6. The van der Waals surface area contributed by atoms with E-state index in [0.717, 1.165) is 32.3 Å². The first-order chi connectivity index (χ1) is 17.1. The topological polar surface area (TPSA) is 76.4 Å². The van der Waals surface area contributed by atoms with Gasteiger partial charge in [-0.3, -0.25) is 4.79 Å². The van der Waals surface area contributed by atoms with E-state index in [1.54, 1.807) is 0 Å². The molecule has 3 aliphatic carbocycles. The molecule has 7 aliphatic rings. The van der Waals surface area contributed by atoms with Crippen LogP contribution in [0, 0.1) is 35.0 Å². The zero-order valence-corrected chi connectivity index (χ0v) is 23.1. The van der Waals surface area contributed by atoms with Crippen molar-refractivity contribution in [3.63, 3.8) is 0 Å². The zero-order chi connectivity index (χ0) is 25.3. The van der Waals surface area contributed by atoms with Crippen LogP contribution in [0.25, 0.3) is 0 Å². The molecular weight excluding hydrogens is 456 g/mol. The Morgan fingerprint density at radius 3 is 2.44 bits per heavy atom. The molecule has 7 fully saturated rings. The van der Waals surface area contributed by atoms with E-state index in [9.17, 15) is 4.79 Å². The molecule has 202 valence electrons. The van der Waals surface area contributed by atoms with Gasteiger partial charge in [0, 0.05) is 13.3 Å². The number of hydrogen-bond acceptors (Lipinski definition) is 6. The number of epoxide rings is 4. The van der Waals surface area contributed by atoms with Gasteiger partial charge in [-0.2, -0.15) is 0 Å². The van der Waals surface area contributed by atoms with Crippen molar-refractivity contribution in [3.8, 4) is 0 Å². The van der Waals surface area contributed by atoms with Crippen LogP contribution in [0.5, 0.6) is 0 Å². The molecule has 3 saturated carbocycles. The van der Waals surface area contributed by atoms with Crippen LogP contribution in [0.15, 0.2) is 0 Å². The van der Waals surface area contributed by atoms with E-state index < -0.39 is 0 Å². The van der Waals surface area contributed by atoms with Crippen molar-refractivity contribution in [1.82, 2.24) is 0 Å². The average Bonchev–Trinajstić information content (AvgIpc) is 3.64. The van der Waals surface area contributed by atoms with E-state index in [2.05, 4.69) is 34.6 Å². The standard InChI is InChI=1S/C30H46O6/c1-16(2)17(3)23-24(34-23)18(4)21-8-9-22-27(21,6)11-7-12-29(22)25(35-29)26-30(36-26)14-20(33-19(5)31)10-13-28(30)15-32-28/h16-18,20-26H,7-15H2,1-6H3/t17-,18+,20+,21-,22-,23-,24-,25+,26-,27-,28-,29+,30-/m1/s1. The molecule has 6 heteroatoms. The van der Waals surface area contributed by atoms with E-state index in [1.165, 1.54) is 32.6 Å². The highest BCUT2D eigenvalue weighted by atomic mass is 16.7. The molecule has 0 bridgehead atoms. The lowest BCUT2D eigenvalue weighted by molar-refractivity contribution is -0.150. The lowest BCUT2D eigenvalue weighted by Crippen LogP contribution is -2.48. The summed E-state index contributed by atoms with van der Waals surface area (Å²) in [6.07, 6.45) is 9.85. The summed E-state index contributed by atoms with van der Waals surface area (Å²) >= 11 is 0. The van der Waals surface area contributed by atoms with Crippen molar-refractivity contribution in [2.75, 3.05) is 6.61 Å². The van der Waals surface area contributed by atoms with Gasteiger partial charge in [-0.05, 0) is 80.0 Å². The second kappa shape index (κ2) is 7.70. The average molecular weight is 503 g/mol. The second-order valence-corrected chi connectivity index (χ2v) is 14.3. The highest BCUT2D eigenvalue weighted by molar-refractivity contribution is 5.66. The van der Waals surface area contributed by atoms with Crippen molar-refractivity contribution in [2.24, 2.45) is 35.0 Å². The highest BCUT2D eigenvalue weighted by Crippen LogP contribution is 2.73. The Kier molecular flexibility index (Phi) is 5.21. The fourth-order valence-electron chi connectivity index (χ4n) is 9.87. The Morgan fingerprint density at radius 1 is 0.972 bits per heavy atom. The maximum Gasteiger partial charge on any atom is 0.302 e. The zero-order valence-electron chi connectivity index (χ0n) is 23.1. The molecule has 0 aromatic rings. The minimum Gasteiger partial charge on any atom is -0.462 e. The number of fused-ring (bicyclic) bond motifs is 3. The van der Waals surface area contributed by atoms with Gasteiger partial charge >= 0.3 is 5.97 Å². The fourth-order valence-corrected chi connectivity index (χ4v) is 9.87. The summed E-state index contributed by atoms with van der Waals surface area (Å²) in [5.74, 6) is 3.01. The molecule has 0 unspecified atom stereocenters. The Balaban J connectivity index is 1.07. The Bertz CT molecular complexity index is 930. The molecule has 0 aromatic heterocycles. The smallest absolute Gasteiger partial charge is 0.302 e. The normalized spacial score (nSPS) is 56.0. The van der Waals surface area contributed by atoms with Gasteiger partial charge in [-0.1, -0.05) is 34.6 Å². The first-order valence-electron chi connectivity index (χ1n) is 14.9. The third-order valence-corrected chi connectivity index (χ3v) is 12.3. The molecule has 3 spiro atoms. The molecule has 7 rings (SSSR count). The van der Waals surface area contributed by atoms with Crippen LogP contribution < -0.4 is 0 Å². The Hall–Kier alpha value is -0.690. The third-order valence-electron chi connectivity index (χ3n) is 12.3. The quantitative estimate of drug-likeness (QED) is 0.373. The minimum absolute atomic E-state index is 0.0326. The summed E-state index contributed by atoms with van der Waals surface area (Å²) in [6.45, 7) is 14.3. The second-order valence-electron chi connectivity index (χ2n) is 14.3. The number of carbonyl (C=O) groups excluding carboxylic acids is 1. The highest BCUT2D eigenvalue weighted by Gasteiger charge is 2.85. The predicted molar refractivity (Wildman–Crippen MR) is 133 cm³/mol. The van der Waals surface area contributed by atoms with Crippen LogP contribution in [-0.2, 0) is 28.5 Å². The van der Waals surface area contributed by atoms with Crippen LogP contribution in [0.3, 0.4) is 0 Å². The monoisotopic (exact) mass is 502 g/mol. The van der Waals surface area contributed by atoms with Crippen molar-refractivity contribution in [3.05, 3.63) is 0 Å². The van der Waals surface area contributed by atoms with Gasteiger partial charge in [0.25, 0.3) is 0 Å². The minimum atomic E-state index is -0.319. The lowest BCUT2D eigenvalue weighted by atomic mass is 9.57. The van der Waals surface area contributed by atoms with Crippen molar-refractivity contribution in [1.29, 1.82) is 0 Å². The van der Waals surface area contributed by atoms with E-state index in [-0.39, 0.29) is 41.1 Å². The van der Waals surface area contributed by atoms with Crippen molar-refractivity contribution >= 4 is 5.97 Å². The molecule has 13 atom stereocenters. The first kappa shape index (κ1) is 24.4. The Morgan fingerprint density at radius 2 is 1.75 bits per heavy atom. The molecule has 6 nitrogen and oxygen atoms in total. The summed E-state index contributed by atoms with van der Waals surface area (Å²) in [7, 11) is 0. The molecule has 4 heterocycles. The van der Waals surface area contributed by atoms with Gasteiger partial charge in [-0.25, -0.2) is 0 Å². The maximum absolute atomic E-state index is 11.7. The van der Waals surface area contributed by atoms with Crippen molar-refractivity contribution < 1.29 is 28.5 Å². The van der Waals surface area contributed by atoms with Crippen LogP contribution in [0.2, 0.25) is 0 Å². The van der Waals surface area contributed by atoms with Crippen LogP contribution >= 0.6 is 0 Å². The van der Waals surface area contributed by atoms with Crippen molar-refractivity contribution in [2.45, 2.75) is 140 Å². The van der Waals surface area contributed by atoms with E-state index in [4.69, 9.17) is 23.7 Å². The SMILES string of the molecule is CC(=O)O[C@H]1CC[C@@]2(CO2)[C@]2(C1)O[C@@H]2[C@@H]1O[C@]12CCC[C@]1(C)[C@@H]([C@H](C)[C@H]3O[C@@H]3[C@H](C)C(C)C)CC[C@H]12. The molecule has 4 saturated heterocycles. The number of ether oxygens (including phenoxy) is 5. The molecule has 0 N–H and O–H groups in total. The molecule has 0 aromatic carbocycles. The number of esters is 1. The summed E-state index contributed by atoms with van der Waals surface area (Å²) in [6, 6.07) is 0. The summed E-state index contributed by atoms with van der Waals surface area (Å²) < 4.78 is 31.4. The van der Waals surface area contributed by atoms with E-state index in [0.29, 0.717) is 47.2 Å². The Labute approximate surface area is 216 Å². The first-order valence-corrected chi connectivity index (χ1v) is 14.9. The van der Waals surface area contributed by atoms with Crippen LogP contribution in [-0.4, -0.2) is 59.9 Å². The molecular formula is C30H46O6. The van der Waals surface area contributed by atoms with E-state index >= 15 is 0 Å². The number of carbonyl (C=O) groups is 1. The van der Waals surface area contributed by atoms with Gasteiger partial charge in [0.15, 0.2) is 0 Å². The van der Waals surface area contributed by atoms with Crippen LogP contribution in [0.1, 0.15) is 92.9 Å². The van der Waals surface area contributed by atoms with E-state index in [1.807, 2.05) is 0 Å². The van der Waals surface area contributed by atoms with Gasteiger partial charge in [0.2, 0.25) is 0 Å².